The molecule has 0 radical (unpaired) electrons. The molecule has 0 aliphatic carbocycles. The van der Waals surface area contributed by atoms with Crippen molar-refractivity contribution in [3.63, 3.8) is 0 Å². The predicted molar refractivity (Wildman–Crippen MR) is 79.8 cm³/mol. The van der Waals surface area contributed by atoms with E-state index in [4.69, 9.17) is 4.74 Å². The summed E-state index contributed by atoms with van der Waals surface area (Å²) in [7, 11) is 1.72. The van der Waals surface area contributed by atoms with Crippen LogP contribution >= 0.6 is 11.3 Å². The van der Waals surface area contributed by atoms with Crippen LogP contribution in [0.2, 0.25) is 0 Å². The second-order valence-electron chi connectivity index (χ2n) is 5.97. The number of nitrogens with zero attached hydrogens (tertiary/aromatic N) is 4. The van der Waals surface area contributed by atoms with Gasteiger partial charge in [0.25, 0.3) is 0 Å². The molecule has 116 valence electrons. The quantitative estimate of drug-likeness (QED) is 0.828. The third-order valence-corrected chi connectivity index (χ3v) is 5.06. The average molecular weight is 320 g/mol. The van der Waals surface area contributed by atoms with Crippen LogP contribution in [0.15, 0.2) is 17.8 Å². The highest BCUT2D eigenvalue weighted by atomic mass is 32.1. The van der Waals surface area contributed by atoms with Crippen molar-refractivity contribution in [3.8, 4) is 0 Å². The van der Waals surface area contributed by atoms with Crippen molar-refractivity contribution in [2.45, 2.75) is 18.4 Å². The van der Waals surface area contributed by atoms with E-state index in [0.717, 1.165) is 10.7 Å². The van der Waals surface area contributed by atoms with Crippen LogP contribution in [-0.2, 0) is 16.0 Å². The van der Waals surface area contributed by atoms with Gasteiger partial charge in [-0.15, -0.1) is 11.3 Å². The molecular weight excluding hydrogens is 304 g/mol. The number of hydrogen-bond acceptors (Lipinski definition) is 5. The van der Waals surface area contributed by atoms with Gasteiger partial charge in [-0.2, -0.15) is 0 Å². The van der Waals surface area contributed by atoms with Gasteiger partial charge in [0.05, 0.1) is 25.2 Å². The highest BCUT2D eigenvalue weighted by Gasteiger charge is 2.49. The number of hydrogen-bond donors (Lipinski definition) is 0. The van der Waals surface area contributed by atoms with Crippen LogP contribution in [0, 0.1) is 0 Å². The number of fused-ring (bicyclic) bond motifs is 1. The number of ether oxygens (including phenoxy) is 1. The zero-order valence-corrected chi connectivity index (χ0v) is 13.0. The molecule has 1 unspecified atom stereocenters. The SMILES string of the molecule is CN1CC2(CCN(C(=O)Cc3cn4ccsc4n3)C2)OC1=O. The highest BCUT2D eigenvalue weighted by molar-refractivity contribution is 7.15. The molecule has 4 rings (SSSR count). The van der Waals surface area contributed by atoms with E-state index in [1.54, 1.807) is 28.2 Å². The van der Waals surface area contributed by atoms with Crippen molar-refractivity contribution in [2.75, 3.05) is 26.7 Å². The molecule has 2 fully saturated rings. The van der Waals surface area contributed by atoms with Gasteiger partial charge in [-0.05, 0) is 0 Å². The molecule has 1 atom stereocenters. The second kappa shape index (κ2) is 4.70. The summed E-state index contributed by atoms with van der Waals surface area (Å²) >= 11 is 1.55. The fraction of sp³-hybridized carbons (Fsp3) is 0.500. The Morgan fingerprint density at radius 3 is 3.09 bits per heavy atom. The summed E-state index contributed by atoms with van der Waals surface area (Å²) in [6, 6.07) is 0. The minimum atomic E-state index is -0.518. The van der Waals surface area contributed by atoms with Crippen molar-refractivity contribution >= 4 is 28.3 Å². The Bertz CT molecular complexity index is 726. The highest BCUT2D eigenvalue weighted by Crippen LogP contribution is 2.32. The van der Waals surface area contributed by atoms with Crippen LogP contribution in [0.3, 0.4) is 0 Å². The second-order valence-corrected chi connectivity index (χ2v) is 6.85. The number of thiazole rings is 1. The lowest BCUT2D eigenvalue weighted by Gasteiger charge is -2.21. The maximum Gasteiger partial charge on any atom is 0.410 e. The molecule has 2 saturated heterocycles. The summed E-state index contributed by atoms with van der Waals surface area (Å²) in [6.07, 6.45) is 4.50. The molecule has 0 bridgehead atoms. The van der Waals surface area contributed by atoms with Crippen molar-refractivity contribution in [2.24, 2.45) is 0 Å². The van der Waals surface area contributed by atoms with Gasteiger partial charge >= 0.3 is 6.09 Å². The lowest BCUT2D eigenvalue weighted by Crippen LogP contribution is -2.39. The summed E-state index contributed by atoms with van der Waals surface area (Å²) in [6.45, 7) is 1.65. The minimum Gasteiger partial charge on any atom is -0.439 e. The molecule has 22 heavy (non-hydrogen) atoms. The molecule has 7 nitrogen and oxygen atoms in total. The topological polar surface area (TPSA) is 67.2 Å². The van der Waals surface area contributed by atoms with Crippen molar-refractivity contribution < 1.29 is 14.3 Å². The lowest BCUT2D eigenvalue weighted by atomic mass is 10.0. The first-order valence-electron chi connectivity index (χ1n) is 7.18. The van der Waals surface area contributed by atoms with E-state index in [2.05, 4.69) is 4.98 Å². The van der Waals surface area contributed by atoms with Gasteiger partial charge in [0, 0.05) is 37.8 Å². The van der Waals surface area contributed by atoms with Crippen LogP contribution in [0.1, 0.15) is 12.1 Å². The number of imidazole rings is 1. The van der Waals surface area contributed by atoms with Crippen molar-refractivity contribution in [3.05, 3.63) is 23.5 Å². The maximum atomic E-state index is 12.4. The summed E-state index contributed by atoms with van der Waals surface area (Å²) < 4.78 is 7.39. The van der Waals surface area contributed by atoms with Crippen LogP contribution < -0.4 is 0 Å². The number of likely N-dealkylation sites (tertiary alicyclic amines) is 1. The van der Waals surface area contributed by atoms with E-state index < -0.39 is 5.60 Å². The molecule has 2 aromatic heterocycles. The van der Waals surface area contributed by atoms with E-state index >= 15 is 0 Å². The maximum absolute atomic E-state index is 12.4. The monoisotopic (exact) mass is 320 g/mol. The Morgan fingerprint density at radius 1 is 1.50 bits per heavy atom. The Morgan fingerprint density at radius 2 is 2.36 bits per heavy atom. The van der Waals surface area contributed by atoms with Gasteiger partial charge in [-0.25, -0.2) is 9.78 Å². The zero-order chi connectivity index (χ0) is 15.3. The predicted octanol–water partition coefficient (Wildman–Crippen LogP) is 0.991. The van der Waals surface area contributed by atoms with Gasteiger partial charge in [0.15, 0.2) is 10.6 Å². The molecule has 1 spiro atoms. The molecule has 8 heteroatoms. The molecule has 2 aromatic rings. The fourth-order valence-corrected chi connectivity index (χ4v) is 3.91. The smallest absolute Gasteiger partial charge is 0.410 e. The number of carbonyl (C=O) groups is 2. The Kier molecular flexibility index (Phi) is 2.90. The molecule has 2 aliphatic heterocycles. The fourth-order valence-electron chi connectivity index (χ4n) is 3.19. The first kappa shape index (κ1) is 13.6. The van der Waals surface area contributed by atoms with Gasteiger partial charge in [0.2, 0.25) is 5.91 Å². The molecule has 0 N–H and O–H groups in total. The number of aromatic nitrogens is 2. The van der Waals surface area contributed by atoms with E-state index in [1.165, 1.54) is 0 Å². The Hall–Kier alpha value is -2.09. The minimum absolute atomic E-state index is 0.0354. The normalized spacial score (nSPS) is 24.7. The van der Waals surface area contributed by atoms with Gasteiger partial charge < -0.3 is 14.5 Å². The largest absolute Gasteiger partial charge is 0.439 e. The van der Waals surface area contributed by atoms with Gasteiger partial charge in [-0.3, -0.25) is 9.20 Å². The summed E-state index contributed by atoms with van der Waals surface area (Å²) in [5, 5.41) is 1.96. The first-order valence-corrected chi connectivity index (χ1v) is 8.06. The molecule has 4 heterocycles. The van der Waals surface area contributed by atoms with Crippen LogP contribution in [-0.4, -0.2) is 63.5 Å². The first-order chi connectivity index (χ1) is 10.5. The van der Waals surface area contributed by atoms with Crippen molar-refractivity contribution in [1.29, 1.82) is 0 Å². The third kappa shape index (κ3) is 2.14. The van der Waals surface area contributed by atoms with E-state index in [1.807, 2.05) is 22.2 Å². The van der Waals surface area contributed by atoms with E-state index in [-0.39, 0.29) is 18.4 Å². The van der Waals surface area contributed by atoms with Crippen LogP contribution in [0.4, 0.5) is 4.79 Å². The zero-order valence-electron chi connectivity index (χ0n) is 12.2. The molecule has 0 aromatic carbocycles. The number of likely N-dealkylation sites (N-methyl/N-ethyl adjacent to an activating group) is 1. The summed E-state index contributed by atoms with van der Waals surface area (Å²) in [5.41, 5.74) is 0.258. The van der Waals surface area contributed by atoms with E-state index in [9.17, 15) is 9.59 Å². The number of amides is 2. The molecular formula is C14H16N4O3S. The van der Waals surface area contributed by atoms with E-state index in [0.29, 0.717) is 26.1 Å². The summed E-state index contributed by atoms with van der Waals surface area (Å²) in [4.78, 5) is 32.7. The standard InChI is InChI=1S/C14H16N4O3S/c1-16-8-14(21-13(16)20)2-3-18(9-14)11(19)6-10-7-17-4-5-22-12(17)15-10/h4-5,7H,2-3,6,8-9H2,1H3. The molecule has 2 amide bonds. The van der Waals surface area contributed by atoms with Gasteiger partial charge in [-0.1, -0.05) is 0 Å². The third-order valence-electron chi connectivity index (χ3n) is 4.29. The molecule has 2 aliphatic rings. The van der Waals surface area contributed by atoms with Crippen LogP contribution in [0.5, 0.6) is 0 Å². The van der Waals surface area contributed by atoms with Crippen molar-refractivity contribution in [1.82, 2.24) is 19.2 Å². The van der Waals surface area contributed by atoms with Gasteiger partial charge in [0.1, 0.15) is 0 Å². The number of carbonyl (C=O) groups excluding carboxylic acids is 2. The Balaban J connectivity index is 1.43. The summed E-state index contributed by atoms with van der Waals surface area (Å²) in [5.74, 6) is 0.0354. The number of rotatable bonds is 2. The Labute approximate surface area is 131 Å². The lowest BCUT2D eigenvalue weighted by molar-refractivity contribution is -0.130. The van der Waals surface area contributed by atoms with Crippen LogP contribution in [0.25, 0.3) is 4.96 Å². The average Bonchev–Trinajstić information content (AvgIpc) is 3.17. The molecule has 0 saturated carbocycles.